The molecular formula is C9H15NO4. The molecule has 0 bridgehead atoms. The van der Waals surface area contributed by atoms with Gasteiger partial charge in [-0.2, -0.15) is 0 Å². The van der Waals surface area contributed by atoms with Gasteiger partial charge in [-0.1, -0.05) is 13.8 Å². The van der Waals surface area contributed by atoms with Crippen LogP contribution in [0.2, 0.25) is 0 Å². The quantitative estimate of drug-likeness (QED) is 0.637. The van der Waals surface area contributed by atoms with Crippen LogP contribution in [-0.4, -0.2) is 37.7 Å². The second-order valence-electron chi connectivity index (χ2n) is 3.71. The van der Waals surface area contributed by atoms with Crippen LogP contribution in [0.1, 0.15) is 13.8 Å². The van der Waals surface area contributed by atoms with E-state index in [2.05, 4.69) is 10.1 Å². The van der Waals surface area contributed by atoms with Crippen molar-refractivity contribution in [1.29, 1.82) is 0 Å². The maximum atomic E-state index is 11.4. The number of nitrogens with one attached hydrogen (secondary N) is 1. The predicted molar refractivity (Wildman–Crippen MR) is 48.5 cm³/mol. The molecule has 80 valence electrons. The maximum Gasteiger partial charge on any atom is 0.336 e. The lowest BCUT2D eigenvalue weighted by molar-refractivity contribution is -0.172. The van der Waals surface area contributed by atoms with E-state index in [1.807, 2.05) is 0 Å². The maximum absolute atomic E-state index is 11.4. The van der Waals surface area contributed by atoms with Crippen LogP contribution in [0.4, 0.5) is 0 Å². The average Bonchev–Trinajstić information content (AvgIpc) is 2.09. The molecule has 0 unspecified atom stereocenters. The molecule has 14 heavy (non-hydrogen) atoms. The second kappa shape index (κ2) is 3.96. The van der Waals surface area contributed by atoms with Crippen molar-refractivity contribution in [2.45, 2.75) is 19.4 Å². The highest BCUT2D eigenvalue weighted by Crippen LogP contribution is 2.19. The number of hydrogen-bond donors (Lipinski definition) is 1. The molecule has 1 heterocycles. The van der Waals surface area contributed by atoms with Crippen LogP contribution in [0, 0.1) is 5.92 Å². The van der Waals surface area contributed by atoms with Gasteiger partial charge < -0.3 is 14.8 Å². The fraction of sp³-hybridized carbons (Fsp3) is 0.778. The Morgan fingerprint density at radius 1 is 1.43 bits per heavy atom. The first-order chi connectivity index (χ1) is 6.52. The van der Waals surface area contributed by atoms with Gasteiger partial charge in [0.1, 0.15) is 0 Å². The summed E-state index contributed by atoms with van der Waals surface area (Å²) in [4.78, 5) is 22.8. The van der Waals surface area contributed by atoms with E-state index in [0.717, 1.165) is 0 Å². The molecule has 1 N–H and O–H groups in total. The molecule has 0 aromatic carbocycles. The predicted octanol–water partition coefficient (Wildman–Crippen LogP) is -0.299. The number of esters is 1. The van der Waals surface area contributed by atoms with E-state index < -0.39 is 11.5 Å². The molecule has 0 aromatic rings. The molecule has 5 nitrogen and oxygen atoms in total. The molecule has 0 saturated carbocycles. The van der Waals surface area contributed by atoms with Crippen molar-refractivity contribution in [3.05, 3.63) is 0 Å². The molecule has 0 aliphatic carbocycles. The normalized spacial score (nSPS) is 18.6. The van der Waals surface area contributed by atoms with Gasteiger partial charge in [0.25, 0.3) is 0 Å². The minimum Gasteiger partial charge on any atom is -0.467 e. The van der Waals surface area contributed by atoms with Crippen molar-refractivity contribution < 1.29 is 19.1 Å². The second-order valence-corrected chi connectivity index (χ2v) is 3.71. The SMILES string of the molecule is COC(=O)C1(NC(=O)C(C)C)COC1. The van der Waals surface area contributed by atoms with Crippen molar-refractivity contribution in [2.75, 3.05) is 20.3 Å². The van der Waals surface area contributed by atoms with Crippen molar-refractivity contribution >= 4 is 11.9 Å². The van der Waals surface area contributed by atoms with E-state index >= 15 is 0 Å². The molecular weight excluding hydrogens is 186 g/mol. The summed E-state index contributed by atoms with van der Waals surface area (Å²) in [6.07, 6.45) is 0. The number of carbonyl (C=O) groups excluding carboxylic acids is 2. The van der Waals surface area contributed by atoms with Crippen LogP contribution < -0.4 is 5.32 Å². The van der Waals surface area contributed by atoms with Gasteiger partial charge in [-0.3, -0.25) is 4.79 Å². The van der Waals surface area contributed by atoms with Gasteiger partial charge in [-0.15, -0.1) is 0 Å². The van der Waals surface area contributed by atoms with Crippen molar-refractivity contribution in [1.82, 2.24) is 5.32 Å². The molecule has 1 saturated heterocycles. The summed E-state index contributed by atoms with van der Waals surface area (Å²) in [6.45, 7) is 3.91. The summed E-state index contributed by atoms with van der Waals surface area (Å²) >= 11 is 0. The molecule has 0 radical (unpaired) electrons. The highest BCUT2D eigenvalue weighted by molar-refractivity contribution is 5.89. The lowest BCUT2D eigenvalue weighted by atomic mass is 9.96. The Balaban J connectivity index is 2.63. The Morgan fingerprint density at radius 3 is 2.29 bits per heavy atom. The van der Waals surface area contributed by atoms with E-state index in [9.17, 15) is 9.59 Å². The highest BCUT2D eigenvalue weighted by atomic mass is 16.5. The topological polar surface area (TPSA) is 64.6 Å². The van der Waals surface area contributed by atoms with Crippen molar-refractivity contribution in [3.8, 4) is 0 Å². The highest BCUT2D eigenvalue weighted by Gasteiger charge is 2.48. The Kier molecular flexibility index (Phi) is 3.10. The fourth-order valence-electron chi connectivity index (χ4n) is 1.12. The third kappa shape index (κ3) is 1.87. The zero-order valence-electron chi connectivity index (χ0n) is 8.62. The average molecular weight is 201 g/mol. The third-order valence-electron chi connectivity index (χ3n) is 2.16. The van der Waals surface area contributed by atoms with E-state index in [-0.39, 0.29) is 25.0 Å². The standard InChI is InChI=1S/C9H15NO4/c1-6(2)7(11)10-9(4-14-5-9)8(12)13-3/h6H,4-5H2,1-3H3,(H,10,11). The molecule has 1 rings (SSSR count). The van der Waals surface area contributed by atoms with E-state index in [1.54, 1.807) is 13.8 Å². The smallest absolute Gasteiger partial charge is 0.336 e. The third-order valence-corrected chi connectivity index (χ3v) is 2.16. The van der Waals surface area contributed by atoms with Gasteiger partial charge >= 0.3 is 5.97 Å². The minimum atomic E-state index is -0.948. The molecule has 1 amide bonds. The first-order valence-corrected chi connectivity index (χ1v) is 4.50. The number of hydrogen-bond acceptors (Lipinski definition) is 4. The Bertz CT molecular complexity index is 245. The van der Waals surface area contributed by atoms with Gasteiger partial charge in [-0.05, 0) is 0 Å². The van der Waals surface area contributed by atoms with Gasteiger partial charge in [0.2, 0.25) is 5.91 Å². The molecule has 0 atom stereocenters. The van der Waals surface area contributed by atoms with Gasteiger partial charge in [0.15, 0.2) is 5.54 Å². The largest absolute Gasteiger partial charge is 0.467 e. The van der Waals surface area contributed by atoms with Crippen LogP contribution >= 0.6 is 0 Å². The van der Waals surface area contributed by atoms with Gasteiger partial charge in [0, 0.05) is 5.92 Å². The number of ether oxygens (including phenoxy) is 2. The zero-order valence-corrected chi connectivity index (χ0v) is 8.62. The molecule has 0 aromatic heterocycles. The summed E-state index contributed by atoms with van der Waals surface area (Å²) < 4.78 is 9.53. The molecule has 0 spiro atoms. The lowest BCUT2D eigenvalue weighted by Crippen LogP contribution is -2.68. The Labute approximate surface area is 82.8 Å². The first-order valence-electron chi connectivity index (χ1n) is 4.50. The summed E-state index contributed by atoms with van der Waals surface area (Å²) in [5.41, 5.74) is -0.948. The summed E-state index contributed by atoms with van der Waals surface area (Å²) in [6, 6.07) is 0. The summed E-state index contributed by atoms with van der Waals surface area (Å²) in [5.74, 6) is -0.770. The monoisotopic (exact) mass is 201 g/mol. The molecule has 1 fully saturated rings. The fourth-order valence-corrected chi connectivity index (χ4v) is 1.12. The number of rotatable bonds is 3. The Morgan fingerprint density at radius 2 is 2.00 bits per heavy atom. The summed E-state index contributed by atoms with van der Waals surface area (Å²) in [7, 11) is 1.30. The van der Waals surface area contributed by atoms with Crippen LogP contribution in [-0.2, 0) is 19.1 Å². The Hall–Kier alpha value is -1.10. The minimum absolute atomic E-state index is 0.155. The number of carbonyl (C=O) groups is 2. The first kappa shape index (κ1) is 11.0. The summed E-state index contributed by atoms with van der Waals surface area (Å²) in [5, 5.41) is 2.64. The van der Waals surface area contributed by atoms with Crippen molar-refractivity contribution in [3.63, 3.8) is 0 Å². The molecule has 1 aliphatic heterocycles. The van der Waals surface area contributed by atoms with Gasteiger partial charge in [-0.25, -0.2) is 4.79 Å². The van der Waals surface area contributed by atoms with Gasteiger partial charge in [0.05, 0.1) is 20.3 Å². The molecule has 1 aliphatic rings. The lowest BCUT2D eigenvalue weighted by Gasteiger charge is -2.39. The van der Waals surface area contributed by atoms with Crippen molar-refractivity contribution in [2.24, 2.45) is 5.92 Å². The van der Waals surface area contributed by atoms with Crippen LogP contribution in [0.5, 0.6) is 0 Å². The van der Waals surface area contributed by atoms with E-state index in [0.29, 0.717) is 0 Å². The van der Waals surface area contributed by atoms with E-state index in [1.165, 1.54) is 7.11 Å². The number of methoxy groups -OCH3 is 1. The van der Waals surface area contributed by atoms with Crippen LogP contribution in [0.3, 0.4) is 0 Å². The number of amides is 1. The molecule has 5 heteroatoms. The van der Waals surface area contributed by atoms with Crippen LogP contribution in [0.15, 0.2) is 0 Å². The van der Waals surface area contributed by atoms with Crippen LogP contribution in [0.25, 0.3) is 0 Å². The van der Waals surface area contributed by atoms with E-state index in [4.69, 9.17) is 4.74 Å². The zero-order chi connectivity index (χ0) is 10.8.